The number of piperazine rings is 1. The van der Waals surface area contributed by atoms with E-state index in [1.807, 2.05) is 87.2 Å². The van der Waals surface area contributed by atoms with Gasteiger partial charge in [-0.05, 0) is 67.1 Å². The van der Waals surface area contributed by atoms with Gasteiger partial charge in [-0.25, -0.2) is 0 Å². The normalized spacial score (nSPS) is 14.9. The number of hydrogen-bond acceptors (Lipinski definition) is 4. The predicted molar refractivity (Wildman–Crippen MR) is 150 cm³/mol. The molecule has 0 spiro atoms. The van der Waals surface area contributed by atoms with Gasteiger partial charge in [-0.2, -0.15) is 0 Å². The summed E-state index contributed by atoms with van der Waals surface area (Å²) < 4.78 is 5.88. The van der Waals surface area contributed by atoms with Crippen LogP contribution in [0.3, 0.4) is 0 Å². The van der Waals surface area contributed by atoms with Crippen molar-refractivity contribution >= 4 is 11.6 Å². The van der Waals surface area contributed by atoms with Crippen molar-refractivity contribution in [1.82, 2.24) is 9.80 Å². The molecule has 3 aromatic carbocycles. The topological polar surface area (TPSA) is 36.0 Å². The van der Waals surface area contributed by atoms with Crippen molar-refractivity contribution in [2.75, 3.05) is 38.1 Å². The van der Waals surface area contributed by atoms with Gasteiger partial charge in [0.25, 0.3) is 5.91 Å². The Balaban J connectivity index is 0.000000861. The molecule has 2 aliphatic rings. The number of rotatable bonds is 5. The fraction of sp³-hybridized carbons (Fsp3) is 0.387. The molecule has 0 N–H and O–H groups in total. The van der Waals surface area contributed by atoms with Gasteiger partial charge < -0.3 is 19.4 Å². The standard InChI is InChI=1S/C27H29N3O2.2C2H6/c1-20-16-23(29-14-12-28(2)13-15-29)17-22-19-30(27(31)26(20)22)18-21-8-10-25(11-9-21)32-24-6-4-3-5-7-24;2*1-2/h3-11,16-17H,12-15,18-19H2,1-2H3;2*1-2H3. The molecule has 1 fully saturated rings. The molecule has 0 saturated carbocycles. The fourth-order valence-electron chi connectivity index (χ4n) is 4.59. The molecule has 0 radical (unpaired) electrons. The lowest BCUT2D eigenvalue weighted by atomic mass is 10.0. The molecule has 192 valence electrons. The zero-order valence-electron chi connectivity index (χ0n) is 22.8. The van der Waals surface area contributed by atoms with Crippen LogP contribution in [0.5, 0.6) is 11.5 Å². The highest BCUT2D eigenvalue weighted by Gasteiger charge is 2.30. The van der Waals surface area contributed by atoms with E-state index in [0.29, 0.717) is 13.1 Å². The number of aryl methyl sites for hydroxylation is 1. The van der Waals surface area contributed by atoms with Crippen molar-refractivity contribution < 1.29 is 9.53 Å². The Morgan fingerprint density at radius 1 is 0.806 bits per heavy atom. The first-order valence-electron chi connectivity index (χ1n) is 13.2. The Bertz CT molecular complexity index is 1100. The maximum Gasteiger partial charge on any atom is 0.255 e. The van der Waals surface area contributed by atoms with Crippen molar-refractivity contribution in [1.29, 1.82) is 0 Å². The second-order valence-electron chi connectivity index (χ2n) is 8.81. The van der Waals surface area contributed by atoms with Crippen molar-refractivity contribution in [2.24, 2.45) is 0 Å². The number of nitrogens with zero attached hydrogens (tertiary/aromatic N) is 3. The van der Waals surface area contributed by atoms with Crippen LogP contribution >= 0.6 is 0 Å². The first-order valence-corrected chi connectivity index (χ1v) is 13.2. The molecule has 0 atom stereocenters. The second-order valence-corrected chi connectivity index (χ2v) is 8.81. The molecule has 36 heavy (non-hydrogen) atoms. The highest BCUT2D eigenvalue weighted by molar-refractivity contribution is 6.00. The molecule has 2 aliphatic heterocycles. The van der Waals surface area contributed by atoms with Crippen molar-refractivity contribution in [3.63, 3.8) is 0 Å². The van der Waals surface area contributed by atoms with E-state index >= 15 is 0 Å². The van der Waals surface area contributed by atoms with Gasteiger partial charge in [0.15, 0.2) is 0 Å². The average Bonchev–Trinajstić information content (AvgIpc) is 3.24. The summed E-state index contributed by atoms with van der Waals surface area (Å²) in [6, 6.07) is 22.2. The number of amides is 1. The van der Waals surface area contributed by atoms with Crippen LogP contribution in [0.1, 0.15) is 54.7 Å². The lowest BCUT2D eigenvalue weighted by Gasteiger charge is -2.34. The van der Waals surface area contributed by atoms with E-state index in [0.717, 1.165) is 59.9 Å². The van der Waals surface area contributed by atoms with Crippen LogP contribution in [0.2, 0.25) is 0 Å². The first-order chi connectivity index (χ1) is 17.6. The van der Waals surface area contributed by atoms with Crippen LogP contribution in [-0.4, -0.2) is 48.9 Å². The molecule has 3 aromatic rings. The lowest BCUT2D eigenvalue weighted by Crippen LogP contribution is -2.44. The number of fused-ring (bicyclic) bond motifs is 1. The molecule has 5 heteroatoms. The lowest BCUT2D eigenvalue weighted by molar-refractivity contribution is 0.0766. The van der Waals surface area contributed by atoms with Crippen LogP contribution in [0, 0.1) is 6.92 Å². The summed E-state index contributed by atoms with van der Waals surface area (Å²) in [7, 11) is 2.17. The van der Waals surface area contributed by atoms with Gasteiger partial charge in [-0.3, -0.25) is 4.79 Å². The van der Waals surface area contributed by atoms with Crippen LogP contribution in [0.25, 0.3) is 0 Å². The largest absolute Gasteiger partial charge is 0.457 e. The quantitative estimate of drug-likeness (QED) is 0.399. The van der Waals surface area contributed by atoms with E-state index in [4.69, 9.17) is 4.74 Å². The molecule has 0 aromatic heterocycles. The number of carbonyl (C=O) groups is 1. The maximum absolute atomic E-state index is 13.1. The van der Waals surface area contributed by atoms with Crippen LogP contribution in [0.4, 0.5) is 5.69 Å². The number of likely N-dealkylation sites (N-methyl/N-ethyl adjacent to an activating group) is 1. The highest BCUT2D eigenvalue weighted by atomic mass is 16.5. The molecule has 5 rings (SSSR count). The second kappa shape index (κ2) is 13.1. The molecule has 0 unspecified atom stereocenters. The Labute approximate surface area is 217 Å². The van der Waals surface area contributed by atoms with Crippen LogP contribution in [0.15, 0.2) is 66.7 Å². The third-order valence-electron chi connectivity index (χ3n) is 6.41. The van der Waals surface area contributed by atoms with Crippen molar-refractivity contribution in [3.8, 4) is 11.5 Å². The molecule has 2 heterocycles. The van der Waals surface area contributed by atoms with E-state index in [-0.39, 0.29) is 5.91 Å². The minimum Gasteiger partial charge on any atom is -0.457 e. The zero-order valence-corrected chi connectivity index (χ0v) is 22.8. The number of benzene rings is 3. The molecular formula is C31H41N3O2. The molecule has 0 aliphatic carbocycles. The van der Waals surface area contributed by atoms with E-state index in [1.54, 1.807) is 0 Å². The number of hydrogen-bond donors (Lipinski definition) is 0. The number of anilines is 1. The SMILES string of the molecule is CC.CC.Cc1cc(N2CCN(C)CC2)cc2c1C(=O)N(Cc1ccc(Oc3ccccc3)cc1)C2. The van der Waals surface area contributed by atoms with Gasteiger partial charge >= 0.3 is 0 Å². The van der Waals surface area contributed by atoms with Gasteiger partial charge in [0.05, 0.1) is 0 Å². The Hall–Kier alpha value is -3.31. The van der Waals surface area contributed by atoms with Gasteiger partial charge in [0.1, 0.15) is 11.5 Å². The molecule has 1 saturated heterocycles. The third kappa shape index (κ3) is 6.46. The van der Waals surface area contributed by atoms with Gasteiger partial charge in [0.2, 0.25) is 0 Å². The van der Waals surface area contributed by atoms with Gasteiger partial charge in [-0.1, -0.05) is 58.0 Å². The van der Waals surface area contributed by atoms with Crippen molar-refractivity contribution in [2.45, 2.75) is 47.7 Å². The minimum atomic E-state index is 0.132. The summed E-state index contributed by atoms with van der Waals surface area (Å²) in [5.41, 5.74) is 5.45. The first kappa shape index (κ1) is 27.3. The fourth-order valence-corrected chi connectivity index (χ4v) is 4.59. The van der Waals surface area contributed by atoms with Gasteiger partial charge in [-0.15, -0.1) is 0 Å². The molecule has 0 bridgehead atoms. The summed E-state index contributed by atoms with van der Waals surface area (Å²) in [5, 5.41) is 0. The monoisotopic (exact) mass is 487 g/mol. The van der Waals surface area contributed by atoms with Gasteiger partial charge in [0, 0.05) is 50.5 Å². The Morgan fingerprint density at radius 3 is 2.06 bits per heavy atom. The average molecular weight is 488 g/mol. The summed E-state index contributed by atoms with van der Waals surface area (Å²) in [4.78, 5) is 19.9. The summed E-state index contributed by atoms with van der Waals surface area (Å²) in [6.45, 7) is 15.5. The summed E-state index contributed by atoms with van der Waals surface area (Å²) in [6.07, 6.45) is 0. The Kier molecular flexibility index (Phi) is 9.95. The highest BCUT2D eigenvalue weighted by Crippen LogP contribution is 2.32. The molecule has 1 amide bonds. The Morgan fingerprint density at radius 2 is 1.42 bits per heavy atom. The minimum absolute atomic E-state index is 0.132. The van der Waals surface area contributed by atoms with E-state index in [1.165, 1.54) is 5.69 Å². The molecular weight excluding hydrogens is 446 g/mol. The summed E-state index contributed by atoms with van der Waals surface area (Å²) >= 11 is 0. The van der Waals surface area contributed by atoms with Crippen molar-refractivity contribution in [3.05, 3.63) is 89.0 Å². The smallest absolute Gasteiger partial charge is 0.255 e. The van der Waals surface area contributed by atoms with Crippen LogP contribution < -0.4 is 9.64 Å². The third-order valence-corrected chi connectivity index (χ3v) is 6.41. The van der Waals surface area contributed by atoms with E-state index in [9.17, 15) is 4.79 Å². The number of para-hydroxylation sites is 1. The number of carbonyl (C=O) groups excluding carboxylic acids is 1. The summed E-state index contributed by atoms with van der Waals surface area (Å²) in [5.74, 6) is 1.74. The van der Waals surface area contributed by atoms with E-state index in [2.05, 4.69) is 35.9 Å². The predicted octanol–water partition coefficient (Wildman–Crippen LogP) is 6.75. The maximum atomic E-state index is 13.1. The molecule has 5 nitrogen and oxygen atoms in total. The zero-order chi connectivity index (χ0) is 26.1. The number of ether oxygens (including phenoxy) is 1. The van der Waals surface area contributed by atoms with Crippen LogP contribution in [-0.2, 0) is 13.1 Å². The van der Waals surface area contributed by atoms with E-state index < -0.39 is 0 Å².